The van der Waals surface area contributed by atoms with E-state index in [0.29, 0.717) is 6.54 Å². The Morgan fingerprint density at radius 3 is 2.59 bits per heavy atom. The number of ether oxygens (including phenoxy) is 1. The van der Waals surface area contributed by atoms with Crippen molar-refractivity contribution in [1.82, 2.24) is 20.1 Å². The summed E-state index contributed by atoms with van der Waals surface area (Å²) in [6.07, 6.45) is 2.60. The van der Waals surface area contributed by atoms with Gasteiger partial charge in [-0.1, -0.05) is 29.8 Å². The number of hydrogen-bond donors (Lipinski definition) is 2. The highest BCUT2D eigenvalue weighted by Crippen LogP contribution is 2.19. The average molecular weight is 366 g/mol. The maximum atomic E-state index is 10.2. The van der Waals surface area contributed by atoms with Crippen LogP contribution in [0.2, 0.25) is 0 Å². The standard InChI is InChI=1S/C21H26N4O2/c1-15-4-9-21(16(2)10-15)27-12-20(26)11-23-17(3)18-5-7-19(8-6-18)25-14-22-13-24-25/h4-10,13-14,17,20,23,26H,11-12H2,1-3H3. The van der Waals surface area contributed by atoms with E-state index >= 15 is 0 Å². The third-order valence-electron chi connectivity index (χ3n) is 4.50. The molecule has 0 aliphatic rings. The number of rotatable bonds is 8. The van der Waals surface area contributed by atoms with Gasteiger partial charge < -0.3 is 15.2 Å². The van der Waals surface area contributed by atoms with Crippen molar-refractivity contribution in [3.05, 3.63) is 71.8 Å². The van der Waals surface area contributed by atoms with Crippen LogP contribution in [0.3, 0.4) is 0 Å². The first kappa shape index (κ1) is 19.1. The fourth-order valence-electron chi connectivity index (χ4n) is 2.89. The molecule has 0 saturated heterocycles. The van der Waals surface area contributed by atoms with Crippen LogP contribution >= 0.6 is 0 Å². The van der Waals surface area contributed by atoms with Crippen LogP contribution in [0.25, 0.3) is 5.69 Å². The molecular formula is C21H26N4O2. The van der Waals surface area contributed by atoms with E-state index in [9.17, 15) is 5.11 Å². The minimum atomic E-state index is -0.581. The van der Waals surface area contributed by atoms with E-state index in [1.54, 1.807) is 11.0 Å². The molecule has 0 fully saturated rings. The van der Waals surface area contributed by atoms with E-state index in [0.717, 1.165) is 22.6 Å². The van der Waals surface area contributed by atoms with Gasteiger partial charge in [-0.2, -0.15) is 5.10 Å². The van der Waals surface area contributed by atoms with Gasteiger partial charge in [-0.15, -0.1) is 0 Å². The molecule has 0 amide bonds. The maximum Gasteiger partial charge on any atom is 0.138 e. The molecule has 1 aromatic heterocycles. The van der Waals surface area contributed by atoms with E-state index in [-0.39, 0.29) is 12.6 Å². The number of aliphatic hydroxyl groups excluding tert-OH is 1. The van der Waals surface area contributed by atoms with Crippen molar-refractivity contribution in [1.29, 1.82) is 0 Å². The second-order valence-corrected chi connectivity index (χ2v) is 6.80. The number of nitrogens with zero attached hydrogens (tertiary/aromatic N) is 3. The molecule has 6 heteroatoms. The molecule has 6 nitrogen and oxygen atoms in total. The number of aromatic nitrogens is 3. The van der Waals surface area contributed by atoms with E-state index in [2.05, 4.69) is 35.3 Å². The molecule has 2 aromatic carbocycles. The predicted molar refractivity (Wildman–Crippen MR) is 105 cm³/mol. The fourth-order valence-corrected chi connectivity index (χ4v) is 2.89. The number of aliphatic hydroxyl groups is 1. The quantitative estimate of drug-likeness (QED) is 0.641. The molecule has 3 rings (SSSR count). The Balaban J connectivity index is 1.47. The molecule has 2 N–H and O–H groups in total. The van der Waals surface area contributed by atoms with Gasteiger partial charge >= 0.3 is 0 Å². The van der Waals surface area contributed by atoms with Gasteiger partial charge in [0.2, 0.25) is 0 Å². The van der Waals surface area contributed by atoms with Crippen LogP contribution in [-0.2, 0) is 0 Å². The molecule has 0 saturated carbocycles. The lowest BCUT2D eigenvalue weighted by molar-refractivity contribution is 0.104. The molecule has 0 bridgehead atoms. The number of hydrogen-bond acceptors (Lipinski definition) is 5. The first-order valence-corrected chi connectivity index (χ1v) is 9.09. The zero-order chi connectivity index (χ0) is 19.2. The Morgan fingerprint density at radius 2 is 1.93 bits per heavy atom. The smallest absolute Gasteiger partial charge is 0.138 e. The van der Waals surface area contributed by atoms with Gasteiger partial charge in [0.05, 0.1) is 5.69 Å². The average Bonchev–Trinajstić information content (AvgIpc) is 3.20. The van der Waals surface area contributed by atoms with Crippen molar-refractivity contribution in [3.8, 4) is 11.4 Å². The predicted octanol–water partition coefficient (Wildman–Crippen LogP) is 2.97. The minimum absolute atomic E-state index is 0.116. The largest absolute Gasteiger partial charge is 0.491 e. The summed E-state index contributed by atoms with van der Waals surface area (Å²) in [7, 11) is 0. The van der Waals surface area contributed by atoms with Crippen molar-refractivity contribution in [2.45, 2.75) is 32.9 Å². The molecule has 0 aliphatic carbocycles. The normalized spacial score (nSPS) is 13.3. The summed E-state index contributed by atoms with van der Waals surface area (Å²) >= 11 is 0. The maximum absolute atomic E-state index is 10.2. The monoisotopic (exact) mass is 366 g/mol. The van der Waals surface area contributed by atoms with Crippen molar-refractivity contribution < 1.29 is 9.84 Å². The molecule has 0 aliphatic heterocycles. The number of nitrogens with one attached hydrogen (secondary N) is 1. The molecule has 2 unspecified atom stereocenters. The highest BCUT2D eigenvalue weighted by molar-refractivity contribution is 5.36. The van der Waals surface area contributed by atoms with E-state index in [4.69, 9.17) is 4.74 Å². The van der Waals surface area contributed by atoms with Crippen LogP contribution < -0.4 is 10.1 Å². The topological polar surface area (TPSA) is 72.2 Å². The van der Waals surface area contributed by atoms with Crippen LogP contribution in [-0.4, -0.2) is 39.1 Å². The Labute approximate surface area is 159 Å². The van der Waals surface area contributed by atoms with E-state index < -0.39 is 6.10 Å². The third-order valence-corrected chi connectivity index (χ3v) is 4.50. The van der Waals surface area contributed by atoms with Gasteiger partial charge in [0.25, 0.3) is 0 Å². The van der Waals surface area contributed by atoms with Gasteiger partial charge in [-0.3, -0.25) is 0 Å². The molecule has 142 valence electrons. The van der Waals surface area contributed by atoms with Crippen LogP contribution in [0.15, 0.2) is 55.1 Å². The summed E-state index contributed by atoms with van der Waals surface area (Å²) < 4.78 is 7.46. The Morgan fingerprint density at radius 1 is 1.15 bits per heavy atom. The highest BCUT2D eigenvalue weighted by atomic mass is 16.5. The summed E-state index contributed by atoms with van der Waals surface area (Å²) in [5.41, 5.74) is 4.38. The highest BCUT2D eigenvalue weighted by Gasteiger charge is 2.11. The zero-order valence-electron chi connectivity index (χ0n) is 16.0. The van der Waals surface area contributed by atoms with Crippen molar-refractivity contribution >= 4 is 0 Å². The Kier molecular flexibility index (Phi) is 6.21. The molecule has 2 atom stereocenters. The number of aryl methyl sites for hydroxylation is 2. The first-order chi connectivity index (χ1) is 13.0. The Hall–Kier alpha value is -2.70. The second-order valence-electron chi connectivity index (χ2n) is 6.80. The molecule has 27 heavy (non-hydrogen) atoms. The van der Waals surface area contributed by atoms with E-state index in [1.807, 2.05) is 43.3 Å². The number of benzene rings is 2. The molecule has 0 spiro atoms. The Bertz CT molecular complexity index is 847. The van der Waals surface area contributed by atoms with Gasteiger partial charge in [0.15, 0.2) is 0 Å². The van der Waals surface area contributed by atoms with Crippen LogP contribution in [0, 0.1) is 13.8 Å². The van der Waals surface area contributed by atoms with Gasteiger partial charge in [-0.05, 0) is 50.1 Å². The van der Waals surface area contributed by atoms with Crippen molar-refractivity contribution in [2.24, 2.45) is 0 Å². The fraction of sp³-hybridized carbons (Fsp3) is 0.333. The summed E-state index contributed by atoms with van der Waals surface area (Å²) in [5.74, 6) is 0.816. The van der Waals surface area contributed by atoms with Crippen LogP contribution in [0.5, 0.6) is 5.75 Å². The summed E-state index contributed by atoms with van der Waals surface area (Å²) in [6.45, 7) is 6.85. The molecular weight excluding hydrogens is 340 g/mol. The van der Waals surface area contributed by atoms with Gasteiger partial charge in [-0.25, -0.2) is 9.67 Å². The lowest BCUT2D eigenvalue weighted by Gasteiger charge is -2.19. The molecule has 0 radical (unpaired) electrons. The summed E-state index contributed by atoms with van der Waals surface area (Å²) in [5, 5.41) is 17.7. The van der Waals surface area contributed by atoms with Crippen LogP contribution in [0.1, 0.15) is 29.7 Å². The van der Waals surface area contributed by atoms with E-state index in [1.165, 1.54) is 11.9 Å². The van der Waals surface area contributed by atoms with Crippen LogP contribution in [0.4, 0.5) is 0 Å². The van der Waals surface area contributed by atoms with Crippen molar-refractivity contribution in [2.75, 3.05) is 13.2 Å². The minimum Gasteiger partial charge on any atom is -0.491 e. The van der Waals surface area contributed by atoms with Gasteiger partial charge in [0, 0.05) is 12.6 Å². The lowest BCUT2D eigenvalue weighted by Crippen LogP contribution is -2.33. The lowest BCUT2D eigenvalue weighted by atomic mass is 10.1. The van der Waals surface area contributed by atoms with Gasteiger partial charge in [0.1, 0.15) is 31.1 Å². The first-order valence-electron chi connectivity index (χ1n) is 9.09. The SMILES string of the molecule is Cc1ccc(OCC(O)CNC(C)c2ccc(-n3cncn3)cc2)c(C)c1. The third kappa shape index (κ3) is 5.15. The molecule has 1 heterocycles. The second kappa shape index (κ2) is 8.79. The zero-order valence-corrected chi connectivity index (χ0v) is 16.0. The molecule has 3 aromatic rings. The summed E-state index contributed by atoms with van der Waals surface area (Å²) in [6, 6.07) is 14.3. The van der Waals surface area contributed by atoms with Crippen molar-refractivity contribution in [3.63, 3.8) is 0 Å². The summed E-state index contributed by atoms with van der Waals surface area (Å²) in [4.78, 5) is 3.95.